The maximum absolute atomic E-state index is 13.5. The van der Waals surface area contributed by atoms with E-state index < -0.39 is 33.2 Å². The van der Waals surface area contributed by atoms with Crippen LogP contribution in [0, 0.1) is 0 Å². The number of sulfone groups is 1. The summed E-state index contributed by atoms with van der Waals surface area (Å²) in [6.45, 7) is 0. The number of amides is 1. The molecule has 1 atom stereocenters. The van der Waals surface area contributed by atoms with Crippen LogP contribution in [-0.4, -0.2) is 41.3 Å². The molecule has 176 valence electrons. The Morgan fingerprint density at radius 3 is 2.17 bits per heavy atom. The van der Waals surface area contributed by atoms with Crippen LogP contribution in [0.3, 0.4) is 0 Å². The quantitative estimate of drug-likeness (QED) is 0.191. The van der Waals surface area contributed by atoms with E-state index in [0.717, 1.165) is 16.0 Å². The third-order valence-corrected chi connectivity index (χ3v) is 8.99. The van der Waals surface area contributed by atoms with E-state index in [1.54, 1.807) is 24.4 Å². The van der Waals surface area contributed by atoms with Gasteiger partial charge in [-0.2, -0.15) is 0 Å². The summed E-state index contributed by atoms with van der Waals surface area (Å²) in [6.07, 6.45) is 2.29. The van der Waals surface area contributed by atoms with Gasteiger partial charge in [0.25, 0.3) is 5.91 Å². The summed E-state index contributed by atoms with van der Waals surface area (Å²) in [5, 5.41) is -1.25. The average Bonchev–Trinajstić information content (AvgIpc) is 2.86. The molecular formula is C26H19IN2O5S. The first-order valence-electron chi connectivity index (χ1n) is 10.7. The number of aromatic nitrogens is 1. The number of β-lactam (4-membered cyclic amide) rings is 1. The van der Waals surface area contributed by atoms with Crippen molar-refractivity contribution in [1.82, 2.24) is 9.88 Å². The second-order valence-electron chi connectivity index (χ2n) is 8.05. The lowest BCUT2D eigenvalue weighted by molar-refractivity contribution is -0.149. The lowest BCUT2D eigenvalue weighted by Gasteiger charge is -2.45. The number of nitrogens with zero attached hydrogens (tertiary/aromatic N) is 2. The highest BCUT2D eigenvalue weighted by molar-refractivity contribution is 14.1. The van der Waals surface area contributed by atoms with E-state index in [4.69, 9.17) is 4.74 Å². The number of fused-ring (bicyclic) bond motifs is 1. The topological polar surface area (TPSA) is 93.6 Å². The van der Waals surface area contributed by atoms with E-state index in [2.05, 4.69) is 4.98 Å². The molecule has 1 unspecified atom stereocenters. The minimum absolute atomic E-state index is 0.0366. The van der Waals surface area contributed by atoms with E-state index in [9.17, 15) is 18.0 Å². The van der Waals surface area contributed by atoms with Gasteiger partial charge < -0.3 is 4.74 Å². The molecule has 2 aliphatic rings. The molecule has 3 heterocycles. The van der Waals surface area contributed by atoms with Gasteiger partial charge in [0.05, 0.1) is 17.0 Å². The van der Waals surface area contributed by atoms with Crippen molar-refractivity contribution in [3.8, 4) is 0 Å². The molecule has 0 N–H and O–H groups in total. The van der Waals surface area contributed by atoms with Gasteiger partial charge in [-0.1, -0.05) is 66.7 Å². The first-order valence-corrected chi connectivity index (χ1v) is 13.5. The predicted molar refractivity (Wildman–Crippen MR) is 138 cm³/mol. The summed E-state index contributed by atoms with van der Waals surface area (Å²) in [5.41, 5.74) is 2.03. The summed E-state index contributed by atoms with van der Waals surface area (Å²) >= 11 is 1.81. The minimum Gasteiger partial charge on any atom is -0.448 e. The van der Waals surface area contributed by atoms with Crippen LogP contribution in [0.1, 0.15) is 22.9 Å². The van der Waals surface area contributed by atoms with Crippen LogP contribution in [0.4, 0.5) is 0 Å². The highest BCUT2D eigenvalue weighted by Gasteiger charge is 2.56. The Balaban J connectivity index is 1.50. The predicted octanol–water partition coefficient (Wildman–Crippen LogP) is 4.04. The average molecular weight is 598 g/mol. The van der Waals surface area contributed by atoms with Crippen LogP contribution in [0.2, 0.25) is 0 Å². The molecule has 2 aliphatic heterocycles. The van der Waals surface area contributed by atoms with E-state index >= 15 is 0 Å². The monoisotopic (exact) mass is 598 g/mol. The third-order valence-electron chi connectivity index (χ3n) is 5.75. The number of ether oxygens (including phenoxy) is 1. The lowest BCUT2D eigenvalue weighted by atomic mass is 10.0. The molecule has 0 saturated carbocycles. The molecule has 1 amide bonds. The SMILES string of the molecule is O=C(OC(c1ccccc1)c1ccccc1)C1=C(I)CS(=O)(=O)C2/C(=C/c3ccccn3)C(=O)N12. The van der Waals surface area contributed by atoms with Gasteiger partial charge in [-0.25, -0.2) is 13.2 Å². The number of carbonyl (C=O) groups is 2. The van der Waals surface area contributed by atoms with Crippen LogP contribution < -0.4 is 0 Å². The first-order chi connectivity index (χ1) is 16.9. The summed E-state index contributed by atoms with van der Waals surface area (Å²) in [5.74, 6) is -1.66. The Hall–Kier alpha value is -3.31. The Morgan fingerprint density at radius 1 is 1.00 bits per heavy atom. The van der Waals surface area contributed by atoms with Crippen LogP contribution in [-0.2, 0) is 24.2 Å². The summed E-state index contributed by atoms with van der Waals surface area (Å²) in [4.78, 5) is 31.7. The molecule has 3 aromatic rings. The van der Waals surface area contributed by atoms with Crippen molar-refractivity contribution >= 4 is 50.4 Å². The van der Waals surface area contributed by atoms with Gasteiger partial charge in [-0.3, -0.25) is 14.7 Å². The van der Waals surface area contributed by atoms with Gasteiger partial charge in [0.1, 0.15) is 5.70 Å². The third kappa shape index (κ3) is 4.41. The molecule has 0 spiro atoms. The number of rotatable bonds is 5. The minimum atomic E-state index is -3.74. The molecule has 35 heavy (non-hydrogen) atoms. The fourth-order valence-electron chi connectivity index (χ4n) is 4.16. The first kappa shape index (κ1) is 23.4. The van der Waals surface area contributed by atoms with E-state index in [-0.39, 0.29) is 20.6 Å². The van der Waals surface area contributed by atoms with E-state index in [1.165, 1.54) is 6.08 Å². The molecule has 0 aliphatic carbocycles. The van der Waals surface area contributed by atoms with Crippen molar-refractivity contribution in [3.05, 3.63) is 117 Å². The van der Waals surface area contributed by atoms with E-state index in [0.29, 0.717) is 5.69 Å². The van der Waals surface area contributed by atoms with Gasteiger partial charge >= 0.3 is 5.97 Å². The Morgan fingerprint density at radius 2 is 1.60 bits per heavy atom. The molecule has 9 heteroatoms. The van der Waals surface area contributed by atoms with E-state index in [1.807, 2.05) is 83.3 Å². The Labute approximate surface area is 216 Å². The Kier molecular flexibility index (Phi) is 6.28. The second kappa shape index (κ2) is 9.38. The van der Waals surface area contributed by atoms with Crippen molar-refractivity contribution < 1.29 is 22.7 Å². The van der Waals surface area contributed by atoms with Crippen LogP contribution in [0.5, 0.6) is 0 Å². The summed E-state index contributed by atoms with van der Waals surface area (Å²) < 4.78 is 32.2. The molecular weight excluding hydrogens is 579 g/mol. The number of hydrogen-bond donors (Lipinski definition) is 0. The maximum Gasteiger partial charge on any atom is 0.356 e. The second-order valence-corrected chi connectivity index (χ2v) is 11.4. The van der Waals surface area contributed by atoms with Gasteiger partial charge in [-0.15, -0.1) is 0 Å². The van der Waals surface area contributed by atoms with Gasteiger partial charge in [0.2, 0.25) is 0 Å². The molecule has 5 rings (SSSR count). The summed E-state index contributed by atoms with van der Waals surface area (Å²) in [6, 6.07) is 23.7. The van der Waals surface area contributed by atoms with Crippen molar-refractivity contribution in [2.75, 3.05) is 5.75 Å². The smallest absolute Gasteiger partial charge is 0.356 e. The lowest BCUT2D eigenvalue weighted by Crippen LogP contribution is -2.62. The standard InChI is InChI=1S/C26H19IN2O5S/c27-21-16-35(32,33)25-20(15-19-13-7-8-14-28-19)24(30)29(25)22(21)26(31)34-23(17-9-3-1-4-10-17)18-11-5-2-6-12-18/h1-15,23,25H,16H2/b20-15+. The molecule has 1 fully saturated rings. The molecule has 0 bridgehead atoms. The largest absolute Gasteiger partial charge is 0.448 e. The zero-order valence-electron chi connectivity index (χ0n) is 18.2. The van der Waals surface area contributed by atoms with Crippen molar-refractivity contribution in [2.45, 2.75) is 11.5 Å². The van der Waals surface area contributed by atoms with Crippen LogP contribution >= 0.6 is 22.6 Å². The summed E-state index contributed by atoms with van der Waals surface area (Å²) in [7, 11) is -3.74. The van der Waals surface area contributed by atoms with Crippen molar-refractivity contribution in [2.24, 2.45) is 0 Å². The number of carbonyl (C=O) groups excluding carboxylic acids is 2. The zero-order chi connectivity index (χ0) is 24.6. The highest BCUT2D eigenvalue weighted by Crippen LogP contribution is 2.43. The fourth-order valence-corrected chi connectivity index (χ4v) is 7.67. The van der Waals surface area contributed by atoms with Crippen molar-refractivity contribution in [1.29, 1.82) is 0 Å². The molecule has 1 aromatic heterocycles. The molecule has 2 aromatic carbocycles. The fraction of sp³-hybridized carbons (Fsp3) is 0.115. The van der Waals surface area contributed by atoms with Crippen LogP contribution in [0.25, 0.3) is 6.08 Å². The Bertz CT molecular complexity index is 1420. The van der Waals surface area contributed by atoms with Gasteiger partial charge in [0, 0.05) is 9.78 Å². The molecule has 7 nitrogen and oxygen atoms in total. The van der Waals surface area contributed by atoms with Crippen LogP contribution in [0.15, 0.2) is 99.9 Å². The number of halogens is 1. The molecule has 0 radical (unpaired) electrons. The normalized spacial score (nSPS) is 19.9. The maximum atomic E-state index is 13.5. The zero-order valence-corrected chi connectivity index (χ0v) is 21.2. The number of benzene rings is 2. The van der Waals surface area contributed by atoms with Gasteiger partial charge in [-0.05, 0) is 51.9 Å². The number of esters is 1. The number of hydrogen-bond acceptors (Lipinski definition) is 6. The highest BCUT2D eigenvalue weighted by atomic mass is 127. The van der Waals surface area contributed by atoms with Crippen molar-refractivity contribution in [3.63, 3.8) is 0 Å². The van der Waals surface area contributed by atoms with Gasteiger partial charge in [0.15, 0.2) is 21.3 Å². The molecule has 1 saturated heterocycles. The number of pyridine rings is 1.